The average Bonchev–Trinajstić information content (AvgIpc) is 3.25. The number of nitrogens with zero attached hydrogens (tertiary/aromatic N) is 2. The number of aromatic nitrogens is 2. The van der Waals surface area contributed by atoms with Crippen LogP contribution in [0.1, 0.15) is 27.2 Å². The van der Waals surface area contributed by atoms with E-state index in [9.17, 15) is 4.79 Å². The van der Waals surface area contributed by atoms with E-state index in [1.54, 1.807) is 7.11 Å². The van der Waals surface area contributed by atoms with Gasteiger partial charge in [-0.3, -0.25) is 10.1 Å². The Kier molecular flexibility index (Phi) is 4.35. The second-order valence-corrected chi connectivity index (χ2v) is 6.65. The van der Waals surface area contributed by atoms with E-state index in [1.165, 1.54) is 0 Å². The molecule has 0 atom stereocenters. The lowest BCUT2D eigenvalue weighted by molar-refractivity contribution is 0.0997. The van der Waals surface area contributed by atoms with Crippen LogP contribution in [0.25, 0.3) is 22.2 Å². The Labute approximate surface area is 161 Å². The van der Waals surface area contributed by atoms with Gasteiger partial charge in [0.05, 0.1) is 7.11 Å². The SMILES string of the molecule is COc1ccc(-c2nonc2NC(=O)c2oc3cc(C)ccc3c2C)c(C)c1. The highest BCUT2D eigenvalue weighted by atomic mass is 16.6. The van der Waals surface area contributed by atoms with Crippen molar-refractivity contribution in [1.29, 1.82) is 0 Å². The Morgan fingerprint density at radius 3 is 2.64 bits per heavy atom. The molecule has 7 heteroatoms. The molecule has 0 saturated carbocycles. The van der Waals surface area contributed by atoms with Gasteiger partial charge < -0.3 is 9.15 Å². The Balaban J connectivity index is 1.67. The third kappa shape index (κ3) is 3.00. The molecule has 0 saturated heterocycles. The number of ether oxygens (including phenoxy) is 1. The monoisotopic (exact) mass is 377 g/mol. The number of benzene rings is 2. The predicted molar refractivity (Wildman–Crippen MR) is 105 cm³/mol. The van der Waals surface area contributed by atoms with Gasteiger partial charge in [-0.15, -0.1) is 0 Å². The van der Waals surface area contributed by atoms with Gasteiger partial charge >= 0.3 is 0 Å². The second-order valence-electron chi connectivity index (χ2n) is 6.65. The van der Waals surface area contributed by atoms with Crippen molar-refractivity contribution < 1.29 is 18.6 Å². The van der Waals surface area contributed by atoms with E-state index in [-0.39, 0.29) is 11.6 Å². The minimum absolute atomic E-state index is 0.231. The molecular formula is C21H19N3O4. The number of fused-ring (bicyclic) bond motifs is 1. The first-order chi connectivity index (χ1) is 13.5. The average molecular weight is 377 g/mol. The van der Waals surface area contributed by atoms with Crippen molar-refractivity contribution in [2.45, 2.75) is 20.8 Å². The first kappa shape index (κ1) is 17.8. The zero-order valence-electron chi connectivity index (χ0n) is 16.0. The molecule has 2 heterocycles. The third-order valence-corrected chi connectivity index (χ3v) is 4.71. The number of carbonyl (C=O) groups is 1. The fourth-order valence-electron chi connectivity index (χ4n) is 3.19. The van der Waals surface area contributed by atoms with Crippen molar-refractivity contribution >= 4 is 22.7 Å². The van der Waals surface area contributed by atoms with E-state index in [1.807, 2.05) is 57.2 Å². The summed E-state index contributed by atoms with van der Waals surface area (Å²) >= 11 is 0. The maximum atomic E-state index is 12.8. The molecule has 4 rings (SSSR count). The molecule has 28 heavy (non-hydrogen) atoms. The molecule has 2 aromatic carbocycles. The Morgan fingerprint density at radius 1 is 1.07 bits per heavy atom. The highest BCUT2D eigenvalue weighted by molar-refractivity contribution is 6.07. The van der Waals surface area contributed by atoms with Crippen LogP contribution in [0.2, 0.25) is 0 Å². The molecule has 4 aromatic rings. The first-order valence-corrected chi connectivity index (χ1v) is 8.76. The molecule has 0 spiro atoms. The van der Waals surface area contributed by atoms with E-state index in [0.717, 1.165) is 33.4 Å². The molecule has 0 aliphatic carbocycles. The van der Waals surface area contributed by atoms with E-state index in [0.29, 0.717) is 11.3 Å². The number of furan rings is 1. The largest absolute Gasteiger partial charge is 0.497 e. The van der Waals surface area contributed by atoms with Crippen LogP contribution in [0.5, 0.6) is 5.75 Å². The molecule has 142 valence electrons. The van der Waals surface area contributed by atoms with E-state index >= 15 is 0 Å². The van der Waals surface area contributed by atoms with Crippen molar-refractivity contribution in [2.24, 2.45) is 0 Å². The van der Waals surface area contributed by atoms with Gasteiger partial charge in [-0.1, -0.05) is 12.1 Å². The molecular weight excluding hydrogens is 358 g/mol. The Bertz CT molecular complexity index is 1190. The van der Waals surface area contributed by atoms with Gasteiger partial charge in [-0.25, -0.2) is 4.63 Å². The van der Waals surface area contributed by atoms with Gasteiger partial charge in [0.15, 0.2) is 11.5 Å². The first-order valence-electron chi connectivity index (χ1n) is 8.76. The Hall–Kier alpha value is -3.61. The number of nitrogens with one attached hydrogen (secondary N) is 1. The molecule has 0 radical (unpaired) electrons. The van der Waals surface area contributed by atoms with Crippen LogP contribution < -0.4 is 10.1 Å². The summed E-state index contributed by atoms with van der Waals surface area (Å²) in [5.74, 6) is 0.793. The summed E-state index contributed by atoms with van der Waals surface area (Å²) in [6.07, 6.45) is 0. The number of hydrogen-bond donors (Lipinski definition) is 1. The number of aryl methyl sites for hydroxylation is 3. The Morgan fingerprint density at radius 2 is 1.89 bits per heavy atom. The van der Waals surface area contributed by atoms with Crippen LogP contribution in [0, 0.1) is 20.8 Å². The lowest BCUT2D eigenvalue weighted by Gasteiger charge is -2.07. The minimum atomic E-state index is -0.408. The minimum Gasteiger partial charge on any atom is -0.497 e. The van der Waals surface area contributed by atoms with E-state index < -0.39 is 5.91 Å². The molecule has 1 amide bonds. The predicted octanol–water partition coefficient (Wildman–Crippen LogP) is 4.67. The zero-order valence-corrected chi connectivity index (χ0v) is 16.0. The summed E-state index contributed by atoms with van der Waals surface area (Å²) in [5, 5.41) is 11.5. The van der Waals surface area contributed by atoms with Gasteiger partial charge in [-0.05, 0) is 66.5 Å². The van der Waals surface area contributed by atoms with Crippen molar-refractivity contribution in [2.75, 3.05) is 12.4 Å². The number of rotatable bonds is 4. The standard InChI is InChI=1S/C21H19N3O4/c1-11-5-7-16-13(3)19(27-17(16)9-11)21(25)22-20-18(23-28-24-20)15-8-6-14(26-4)10-12(15)2/h5-10H,1-4H3,(H,22,24,25). The van der Waals surface area contributed by atoms with Crippen LogP contribution in [0.4, 0.5) is 5.82 Å². The van der Waals surface area contributed by atoms with Crippen LogP contribution >= 0.6 is 0 Å². The maximum Gasteiger partial charge on any atom is 0.292 e. The molecule has 7 nitrogen and oxygen atoms in total. The summed E-state index contributed by atoms with van der Waals surface area (Å²) < 4.78 is 15.9. The van der Waals surface area contributed by atoms with Gasteiger partial charge in [0, 0.05) is 16.5 Å². The molecule has 0 fully saturated rings. The number of hydrogen-bond acceptors (Lipinski definition) is 6. The van der Waals surface area contributed by atoms with Gasteiger partial charge in [-0.2, -0.15) is 0 Å². The quantitative estimate of drug-likeness (QED) is 0.556. The zero-order chi connectivity index (χ0) is 19.8. The van der Waals surface area contributed by atoms with Crippen LogP contribution in [-0.4, -0.2) is 23.3 Å². The molecule has 2 aromatic heterocycles. The fraction of sp³-hybridized carbons (Fsp3) is 0.190. The van der Waals surface area contributed by atoms with E-state index in [4.69, 9.17) is 13.8 Å². The molecule has 0 bridgehead atoms. The summed E-state index contributed by atoms with van der Waals surface area (Å²) in [7, 11) is 1.61. The summed E-state index contributed by atoms with van der Waals surface area (Å²) in [6.45, 7) is 5.75. The molecule has 0 aliphatic rings. The van der Waals surface area contributed by atoms with Crippen molar-refractivity contribution in [3.8, 4) is 17.0 Å². The number of anilines is 1. The van der Waals surface area contributed by atoms with E-state index in [2.05, 4.69) is 15.6 Å². The normalized spacial score (nSPS) is 11.0. The van der Waals surface area contributed by atoms with Crippen molar-refractivity contribution in [3.05, 3.63) is 58.8 Å². The van der Waals surface area contributed by atoms with Crippen LogP contribution in [-0.2, 0) is 0 Å². The van der Waals surface area contributed by atoms with Gasteiger partial charge in [0.2, 0.25) is 5.82 Å². The smallest absolute Gasteiger partial charge is 0.292 e. The number of methoxy groups -OCH3 is 1. The topological polar surface area (TPSA) is 90.4 Å². The lowest BCUT2D eigenvalue weighted by Crippen LogP contribution is -2.13. The highest BCUT2D eigenvalue weighted by Gasteiger charge is 2.22. The fourth-order valence-corrected chi connectivity index (χ4v) is 3.19. The summed E-state index contributed by atoms with van der Waals surface area (Å²) in [6, 6.07) is 11.4. The summed E-state index contributed by atoms with van der Waals surface area (Å²) in [5.41, 5.74) is 4.65. The third-order valence-electron chi connectivity index (χ3n) is 4.71. The summed E-state index contributed by atoms with van der Waals surface area (Å²) in [4.78, 5) is 12.8. The number of amides is 1. The number of carbonyl (C=O) groups excluding carboxylic acids is 1. The molecule has 0 aliphatic heterocycles. The second kappa shape index (κ2) is 6.84. The molecule has 1 N–H and O–H groups in total. The van der Waals surface area contributed by atoms with Gasteiger partial charge in [0.1, 0.15) is 11.3 Å². The molecule has 0 unspecified atom stereocenters. The lowest BCUT2D eigenvalue weighted by atomic mass is 10.1. The maximum absolute atomic E-state index is 12.8. The van der Waals surface area contributed by atoms with Crippen molar-refractivity contribution in [1.82, 2.24) is 10.3 Å². The highest BCUT2D eigenvalue weighted by Crippen LogP contribution is 2.31. The van der Waals surface area contributed by atoms with Gasteiger partial charge in [0.25, 0.3) is 5.91 Å². The van der Waals surface area contributed by atoms with Crippen LogP contribution in [0.3, 0.4) is 0 Å². The van der Waals surface area contributed by atoms with Crippen LogP contribution in [0.15, 0.2) is 45.4 Å². The van der Waals surface area contributed by atoms with Crippen molar-refractivity contribution in [3.63, 3.8) is 0 Å².